The normalized spacial score (nSPS) is 11.4. The van der Waals surface area contributed by atoms with Crippen LogP contribution in [0.3, 0.4) is 0 Å². The number of hydrogen-bond acceptors (Lipinski definition) is 5. The summed E-state index contributed by atoms with van der Waals surface area (Å²) in [5.74, 6) is -0.576. The quantitative estimate of drug-likeness (QED) is 0.527. The molecule has 2 heterocycles. The van der Waals surface area contributed by atoms with Gasteiger partial charge in [-0.2, -0.15) is 0 Å². The predicted molar refractivity (Wildman–Crippen MR) is 91.0 cm³/mol. The van der Waals surface area contributed by atoms with Crippen LogP contribution in [0.25, 0.3) is 5.65 Å². The fraction of sp³-hybridized carbons (Fsp3) is 0.222. The van der Waals surface area contributed by atoms with Gasteiger partial charge < -0.3 is 4.74 Å². The van der Waals surface area contributed by atoms with Gasteiger partial charge in [0, 0.05) is 6.20 Å². The van der Waals surface area contributed by atoms with E-state index in [1.165, 1.54) is 29.8 Å². The van der Waals surface area contributed by atoms with Crippen molar-refractivity contribution in [1.82, 2.24) is 9.38 Å². The number of rotatable bonds is 4. The molecule has 6 nitrogen and oxygen atoms in total. The molecule has 0 saturated heterocycles. The number of carbonyl (C=O) groups is 1. The number of ether oxygens (including phenoxy) is 1. The lowest BCUT2D eigenvalue weighted by molar-refractivity contribution is -0.139. The minimum Gasteiger partial charge on any atom is -0.469 e. The van der Waals surface area contributed by atoms with Crippen molar-refractivity contribution in [2.45, 2.75) is 20.3 Å². The summed E-state index contributed by atoms with van der Waals surface area (Å²) in [5.41, 5.74) is 3.54. The van der Waals surface area contributed by atoms with Crippen molar-refractivity contribution in [2.75, 3.05) is 7.11 Å². The number of imidazole rings is 1. The summed E-state index contributed by atoms with van der Waals surface area (Å²) in [6.45, 7) is 3.87. The first-order chi connectivity index (χ1) is 12.0. The number of fused-ring (bicyclic) bond motifs is 1. The fourth-order valence-electron chi connectivity index (χ4n) is 2.55. The summed E-state index contributed by atoms with van der Waals surface area (Å²) >= 11 is 0. The van der Waals surface area contributed by atoms with Gasteiger partial charge >= 0.3 is 5.97 Å². The second-order valence-electron chi connectivity index (χ2n) is 5.65. The number of hydrogen-bond donors (Lipinski definition) is 0. The minimum atomic E-state index is -0.451. The van der Waals surface area contributed by atoms with Gasteiger partial charge in [0.1, 0.15) is 11.5 Å². The number of methoxy groups -OCH3 is 1. The van der Waals surface area contributed by atoms with E-state index in [-0.39, 0.29) is 6.42 Å². The van der Waals surface area contributed by atoms with Gasteiger partial charge in [0.25, 0.3) is 0 Å². The first-order valence-electron chi connectivity index (χ1n) is 7.71. The largest absolute Gasteiger partial charge is 0.469 e. The Morgan fingerprint density at radius 1 is 1.20 bits per heavy atom. The van der Waals surface area contributed by atoms with Gasteiger partial charge in [-0.1, -0.05) is 18.2 Å². The lowest BCUT2D eigenvalue weighted by atomic mass is 10.1. The molecule has 0 spiro atoms. The molecule has 25 heavy (non-hydrogen) atoms. The molecular weight excluding hydrogens is 323 g/mol. The molecule has 3 rings (SSSR count). The van der Waals surface area contributed by atoms with Crippen LogP contribution in [0.5, 0.6) is 0 Å². The molecule has 0 aliphatic heterocycles. The Kier molecular flexibility index (Phi) is 4.56. The van der Waals surface area contributed by atoms with Crippen molar-refractivity contribution in [3.63, 3.8) is 0 Å². The fourth-order valence-corrected chi connectivity index (χ4v) is 2.55. The van der Waals surface area contributed by atoms with Crippen LogP contribution in [0, 0.1) is 19.7 Å². The Bertz CT molecular complexity index is 958. The SMILES string of the molecule is COC(=O)Cc1nc2ccc(F)cn2c1N=Nc1c(C)cccc1C. The molecule has 128 valence electrons. The van der Waals surface area contributed by atoms with E-state index in [1.807, 2.05) is 32.0 Å². The van der Waals surface area contributed by atoms with Crippen LogP contribution in [0.15, 0.2) is 46.8 Å². The van der Waals surface area contributed by atoms with Crippen LogP contribution in [0.2, 0.25) is 0 Å². The molecule has 0 unspecified atom stereocenters. The zero-order valence-electron chi connectivity index (χ0n) is 14.2. The monoisotopic (exact) mass is 340 g/mol. The first-order valence-corrected chi connectivity index (χ1v) is 7.71. The Labute approximate surface area is 144 Å². The average molecular weight is 340 g/mol. The molecule has 0 saturated carbocycles. The van der Waals surface area contributed by atoms with Crippen LogP contribution in [-0.2, 0) is 16.0 Å². The Balaban J connectivity index is 2.12. The molecule has 0 fully saturated rings. The number of azo groups is 1. The molecule has 3 aromatic rings. The number of aromatic nitrogens is 2. The van der Waals surface area contributed by atoms with Crippen molar-refractivity contribution >= 4 is 23.1 Å². The number of halogens is 1. The zero-order valence-corrected chi connectivity index (χ0v) is 14.2. The van der Waals surface area contributed by atoms with Gasteiger partial charge in [-0.15, -0.1) is 10.2 Å². The smallest absolute Gasteiger partial charge is 0.311 e. The zero-order chi connectivity index (χ0) is 18.0. The number of pyridine rings is 1. The van der Waals surface area contributed by atoms with Crippen LogP contribution in [0.1, 0.15) is 16.8 Å². The van der Waals surface area contributed by atoms with Gasteiger partial charge in [0.15, 0.2) is 5.82 Å². The number of esters is 1. The molecule has 1 aromatic carbocycles. The third-order valence-electron chi connectivity index (χ3n) is 3.85. The van der Waals surface area contributed by atoms with Gasteiger partial charge in [-0.3, -0.25) is 9.20 Å². The van der Waals surface area contributed by atoms with E-state index < -0.39 is 11.8 Å². The summed E-state index contributed by atoms with van der Waals surface area (Å²) in [6.07, 6.45) is 1.20. The Morgan fingerprint density at radius 3 is 2.60 bits per heavy atom. The lowest BCUT2D eigenvalue weighted by Gasteiger charge is -2.03. The van der Waals surface area contributed by atoms with Crippen molar-refractivity contribution < 1.29 is 13.9 Å². The molecule has 0 aliphatic carbocycles. The highest BCUT2D eigenvalue weighted by Gasteiger charge is 2.16. The summed E-state index contributed by atoms with van der Waals surface area (Å²) < 4.78 is 19.8. The highest BCUT2D eigenvalue weighted by atomic mass is 19.1. The maximum atomic E-state index is 13.6. The molecule has 0 N–H and O–H groups in total. The van der Waals surface area contributed by atoms with Crippen molar-refractivity contribution in [3.05, 3.63) is 59.2 Å². The second-order valence-corrected chi connectivity index (χ2v) is 5.65. The number of aryl methyl sites for hydroxylation is 2. The third-order valence-corrected chi connectivity index (χ3v) is 3.85. The first kappa shape index (κ1) is 16.8. The van der Waals surface area contributed by atoms with E-state index >= 15 is 0 Å². The summed E-state index contributed by atoms with van der Waals surface area (Å²) in [7, 11) is 1.30. The maximum Gasteiger partial charge on any atom is 0.311 e. The van der Waals surface area contributed by atoms with Crippen LogP contribution < -0.4 is 0 Å². The van der Waals surface area contributed by atoms with Crippen LogP contribution >= 0.6 is 0 Å². The second kappa shape index (κ2) is 6.80. The molecule has 7 heteroatoms. The molecule has 0 atom stereocenters. The van der Waals surface area contributed by atoms with E-state index in [1.54, 1.807) is 0 Å². The summed E-state index contributed by atoms with van der Waals surface area (Å²) in [4.78, 5) is 16.0. The molecular formula is C18H17FN4O2. The lowest BCUT2D eigenvalue weighted by Crippen LogP contribution is -2.04. The number of nitrogens with zero attached hydrogens (tertiary/aromatic N) is 4. The van der Waals surface area contributed by atoms with Crippen LogP contribution in [-0.4, -0.2) is 22.5 Å². The van der Waals surface area contributed by atoms with E-state index in [9.17, 15) is 9.18 Å². The molecule has 0 bridgehead atoms. The highest BCUT2D eigenvalue weighted by molar-refractivity contribution is 5.74. The van der Waals surface area contributed by atoms with Crippen molar-refractivity contribution in [3.8, 4) is 0 Å². The van der Waals surface area contributed by atoms with Crippen LogP contribution in [0.4, 0.5) is 15.9 Å². The third kappa shape index (κ3) is 3.40. The van der Waals surface area contributed by atoms with Crippen molar-refractivity contribution in [1.29, 1.82) is 0 Å². The minimum absolute atomic E-state index is 0.0685. The number of benzene rings is 1. The Morgan fingerprint density at radius 2 is 1.92 bits per heavy atom. The van der Waals surface area contributed by atoms with Gasteiger partial charge in [-0.05, 0) is 37.1 Å². The number of carbonyl (C=O) groups excluding carboxylic acids is 1. The van der Waals surface area contributed by atoms with E-state index in [2.05, 4.69) is 15.2 Å². The molecule has 0 radical (unpaired) electrons. The van der Waals surface area contributed by atoms with Gasteiger partial charge in [0.2, 0.25) is 0 Å². The highest BCUT2D eigenvalue weighted by Crippen LogP contribution is 2.28. The molecule has 0 aliphatic rings. The van der Waals surface area contributed by atoms with E-state index in [0.717, 1.165) is 16.8 Å². The maximum absolute atomic E-state index is 13.6. The topological polar surface area (TPSA) is 68.3 Å². The summed E-state index contributed by atoms with van der Waals surface area (Å²) in [5, 5.41) is 8.58. The van der Waals surface area contributed by atoms with E-state index in [0.29, 0.717) is 17.2 Å². The standard InChI is InChI=1S/C18H17FN4O2/c1-11-5-4-6-12(2)17(11)21-22-18-14(9-16(24)25-3)20-15-8-7-13(19)10-23(15)18/h4-8,10H,9H2,1-3H3. The summed E-state index contributed by atoms with van der Waals surface area (Å²) in [6, 6.07) is 8.64. The average Bonchev–Trinajstić information content (AvgIpc) is 2.91. The molecule has 0 amide bonds. The molecule has 2 aromatic heterocycles. The Hall–Kier alpha value is -3.09. The van der Waals surface area contributed by atoms with Gasteiger partial charge in [-0.25, -0.2) is 9.37 Å². The van der Waals surface area contributed by atoms with Crippen molar-refractivity contribution in [2.24, 2.45) is 10.2 Å². The van der Waals surface area contributed by atoms with Gasteiger partial charge in [0.05, 0.1) is 24.9 Å². The van der Waals surface area contributed by atoms with E-state index in [4.69, 9.17) is 4.74 Å². The predicted octanol–water partition coefficient (Wildman–Crippen LogP) is 4.22.